The summed E-state index contributed by atoms with van der Waals surface area (Å²) in [6, 6.07) is 3.74. The Labute approximate surface area is 109 Å². The Morgan fingerprint density at radius 1 is 1.44 bits per heavy atom. The van der Waals surface area contributed by atoms with Crippen LogP contribution in [-0.4, -0.2) is 17.1 Å². The zero-order valence-electron chi connectivity index (χ0n) is 11.7. The number of ether oxygens (including phenoxy) is 1. The van der Waals surface area contributed by atoms with Crippen molar-refractivity contribution in [2.24, 2.45) is 11.8 Å². The molecular formula is C14H23N3O. The second kappa shape index (κ2) is 4.67. The van der Waals surface area contributed by atoms with Crippen LogP contribution in [0.15, 0.2) is 12.1 Å². The molecule has 0 spiro atoms. The molecule has 2 unspecified atom stereocenters. The van der Waals surface area contributed by atoms with Gasteiger partial charge in [0, 0.05) is 6.54 Å². The summed E-state index contributed by atoms with van der Waals surface area (Å²) in [5.74, 6) is 2.98. The molecule has 3 N–H and O–H groups in total. The lowest BCUT2D eigenvalue weighted by molar-refractivity contribution is 0.125. The van der Waals surface area contributed by atoms with Gasteiger partial charge in [0.1, 0.15) is 11.4 Å². The van der Waals surface area contributed by atoms with Gasteiger partial charge in [-0.3, -0.25) is 0 Å². The number of nitrogen functional groups attached to an aromatic ring is 1. The molecule has 2 rings (SSSR count). The molecule has 1 heterocycles. The summed E-state index contributed by atoms with van der Waals surface area (Å²) < 4.78 is 5.74. The Bertz CT molecular complexity index is 426. The molecule has 2 atom stereocenters. The van der Waals surface area contributed by atoms with Crippen LogP contribution in [0.2, 0.25) is 0 Å². The molecule has 4 heteroatoms. The number of aromatic nitrogens is 1. The van der Waals surface area contributed by atoms with Crippen molar-refractivity contribution in [2.45, 2.75) is 39.7 Å². The van der Waals surface area contributed by atoms with Crippen LogP contribution in [0.25, 0.3) is 0 Å². The van der Waals surface area contributed by atoms with Crippen molar-refractivity contribution >= 4 is 11.5 Å². The fourth-order valence-corrected chi connectivity index (χ4v) is 1.84. The maximum atomic E-state index is 5.87. The van der Waals surface area contributed by atoms with E-state index in [2.05, 4.69) is 17.2 Å². The topological polar surface area (TPSA) is 60.2 Å². The normalized spacial score (nSPS) is 22.7. The van der Waals surface area contributed by atoms with Crippen LogP contribution < -0.4 is 15.8 Å². The van der Waals surface area contributed by atoms with Gasteiger partial charge in [-0.1, -0.05) is 6.92 Å². The van der Waals surface area contributed by atoms with E-state index in [4.69, 9.17) is 10.5 Å². The van der Waals surface area contributed by atoms with Gasteiger partial charge in [-0.2, -0.15) is 4.98 Å². The van der Waals surface area contributed by atoms with Gasteiger partial charge in [0.2, 0.25) is 5.88 Å². The van der Waals surface area contributed by atoms with Gasteiger partial charge in [-0.15, -0.1) is 0 Å². The van der Waals surface area contributed by atoms with Gasteiger partial charge in [0.25, 0.3) is 0 Å². The zero-order valence-corrected chi connectivity index (χ0v) is 11.7. The van der Waals surface area contributed by atoms with Gasteiger partial charge < -0.3 is 15.8 Å². The van der Waals surface area contributed by atoms with E-state index in [1.165, 1.54) is 6.42 Å². The fourth-order valence-electron chi connectivity index (χ4n) is 1.84. The molecule has 1 aliphatic rings. The number of nitrogens with two attached hydrogens (primary N) is 1. The molecule has 1 aromatic rings. The minimum absolute atomic E-state index is 0.287. The first-order valence-electron chi connectivity index (χ1n) is 6.54. The van der Waals surface area contributed by atoms with E-state index in [-0.39, 0.29) is 5.60 Å². The van der Waals surface area contributed by atoms with Gasteiger partial charge in [0.15, 0.2) is 0 Å². The number of rotatable bonds is 4. The lowest BCUT2D eigenvalue weighted by Crippen LogP contribution is -2.24. The van der Waals surface area contributed by atoms with Gasteiger partial charge in [0.05, 0.1) is 5.69 Å². The number of anilines is 2. The summed E-state index contributed by atoms with van der Waals surface area (Å²) in [6.07, 6.45) is 1.31. The third-order valence-corrected chi connectivity index (χ3v) is 3.11. The molecular weight excluding hydrogens is 226 g/mol. The van der Waals surface area contributed by atoms with Gasteiger partial charge >= 0.3 is 0 Å². The van der Waals surface area contributed by atoms with E-state index in [1.54, 1.807) is 0 Å². The molecule has 1 fully saturated rings. The zero-order chi connectivity index (χ0) is 13.3. The summed E-state index contributed by atoms with van der Waals surface area (Å²) >= 11 is 0. The smallest absolute Gasteiger partial charge is 0.239 e. The summed E-state index contributed by atoms with van der Waals surface area (Å²) in [5, 5.41) is 3.34. The van der Waals surface area contributed by atoms with Crippen LogP contribution in [0, 0.1) is 11.8 Å². The number of hydrogen-bond acceptors (Lipinski definition) is 4. The average molecular weight is 249 g/mol. The van der Waals surface area contributed by atoms with Crippen LogP contribution in [0.4, 0.5) is 11.5 Å². The molecule has 0 saturated heterocycles. The third-order valence-electron chi connectivity index (χ3n) is 3.11. The lowest BCUT2D eigenvalue weighted by atomic mass is 10.2. The molecule has 0 aliphatic heterocycles. The lowest BCUT2D eigenvalue weighted by Gasteiger charge is -2.21. The Kier molecular flexibility index (Phi) is 3.37. The number of nitrogens with one attached hydrogen (secondary N) is 1. The van der Waals surface area contributed by atoms with Crippen LogP contribution in [0.3, 0.4) is 0 Å². The molecule has 18 heavy (non-hydrogen) atoms. The van der Waals surface area contributed by atoms with Gasteiger partial charge in [-0.25, -0.2) is 0 Å². The summed E-state index contributed by atoms with van der Waals surface area (Å²) in [6.45, 7) is 9.21. The highest BCUT2D eigenvalue weighted by Crippen LogP contribution is 2.37. The second-order valence-corrected chi connectivity index (χ2v) is 6.16. The van der Waals surface area contributed by atoms with E-state index < -0.39 is 0 Å². The SMILES string of the molecule is CC1CC1CNc1ccc(N)c(OC(C)(C)C)n1. The maximum absolute atomic E-state index is 5.87. The largest absolute Gasteiger partial charge is 0.470 e. The minimum atomic E-state index is -0.287. The summed E-state index contributed by atoms with van der Waals surface area (Å²) in [7, 11) is 0. The monoisotopic (exact) mass is 249 g/mol. The van der Waals surface area contributed by atoms with E-state index in [1.807, 2.05) is 32.9 Å². The average Bonchev–Trinajstić information content (AvgIpc) is 2.94. The Morgan fingerprint density at radius 2 is 2.11 bits per heavy atom. The summed E-state index contributed by atoms with van der Waals surface area (Å²) in [5.41, 5.74) is 6.16. The molecule has 0 amide bonds. The van der Waals surface area contributed by atoms with Crippen LogP contribution in [0.5, 0.6) is 5.88 Å². The number of hydrogen-bond donors (Lipinski definition) is 2. The first-order valence-corrected chi connectivity index (χ1v) is 6.54. The van der Waals surface area contributed by atoms with Crippen LogP contribution in [0.1, 0.15) is 34.1 Å². The quantitative estimate of drug-likeness (QED) is 0.861. The molecule has 1 aromatic heterocycles. The third kappa shape index (κ3) is 3.52. The van der Waals surface area contributed by atoms with E-state index >= 15 is 0 Å². The van der Waals surface area contributed by atoms with Crippen molar-refractivity contribution in [3.63, 3.8) is 0 Å². The highest BCUT2D eigenvalue weighted by molar-refractivity contribution is 5.53. The highest BCUT2D eigenvalue weighted by atomic mass is 16.5. The van der Waals surface area contributed by atoms with Crippen molar-refractivity contribution in [1.82, 2.24) is 4.98 Å². The Morgan fingerprint density at radius 3 is 2.67 bits per heavy atom. The van der Waals surface area contributed by atoms with E-state index in [0.29, 0.717) is 11.6 Å². The molecule has 1 saturated carbocycles. The first-order chi connectivity index (χ1) is 8.35. The Balaban J connectivity index is 2.01. The minimum Gasteiger partial charge on any atom is -0.470 e. The fraction of sp³-hybridized carbons (Fsp3) is 0.643. The number of pyridine rings is 1. The van der Waals surface area contributed by atoms with Crippen LogP contribution in [-0.2, 0) is 0 Å². The van der Waals surface area contributed by atoms with E-state index in [9.17, 15) is 0 Å². The standard InChI is InChI=1S/C14H23N3O/c1-9-7-10(9)8-16-12-6-5-11(15)13(17-12)18-14(2,3)4/h5-6,9-10H,7-8,15H2,1-4H3,(H,16,17). The molecule has 0 aromatic carbocycles. The van der Waals surface area contributed by atoms with Crippen molar-refractivity contribution in [1.29, 1.82) is 0 Å². The predicted molar refractivity (Wildman–Crippen MR) is 74.8 cm³/mol. The molecule has 1 aliphatic carbocycles. The maximum Gasteiger partial charge on any atom is 0.239 e. The van der Waals surface area contributed by atoms with Crippen molar-refractivity contribution in [2.75, 3.05) is 17.6 Å². The van der Waals surface area contributed by atoms with Gasteiger partial charge in [-0.05, 0) is 51.2 Å². The summed E-state index contributed by atoms with van der Waals surface area (Å²) in [4.78, 5) is 4.42. The highest BCUT2D eigenvalue weighted by Gasteiger charge is 2.31. The van der Waals surface area contributed by atoms with Crippen molar-refractivity contribution in [3.05, 3.63) is 12.1 Å². The molecule has 4 nitrogen and oxygen atoms in total. The second-order valence-electron chi connectivity index (χ2n) is 6.16. The first kappa shape index (κ1) is 13.0. The van der Waals surface area contributed by atoms with Crippen LogP contribution >= 0.6 is 0 Å². The molecule has 0 bridgehead atoms. The Hall–Kier alpha value is -1.45. The van der Waals surface area contributed by atoms with Crippen molar-refractivity contribution in [3.8, 4) is 5.88 Å². The number of nitrogens with zero attached hydrogens (tertiary/aromatic N) is 1. The van der Waals surface area contributed by atoms with E-state index in [0.717, 1.165) is 24.2 Å². The predicted octanol–water partition coefficient (Wildman–Crippen LogP) is 2.91. The molecule has 0 radical (unpaired) electrons. The van der Waals surface area contributed by atoms with Crippen molar-refractivity contribution < 1.29 is 4.74 Å². The molecule has 100 valence electrons.